The third-order valence-corrected chi connectivity index (χ3v) is 4.20. The molecule has 12 heteroatoms. The van der Waals surface area contributed by atoms with E-state index in [0.29, 0.717) is 5.02 Å². The van der Waals surface area contributed by atoms with Gasteiger partial charge in [-0.3, -0.25) is 24.4 Å². The summed E-state index contributed by atoms with van der Waals surface area (Å²) in [5.74, 6) is -1.48. The number of carboxylic acid groups (broad SMARTS) is 1. The van der Waals surface area contributed by atoms with Crippen molar-refractivity contribution in [2.24, 2.45) is 0 Å². The van der Waals surface area contributed by atoms with E-state index in [1.807, 2.05) is 0 Å². The zero-order valence-electron chi connectivity index (χ0n) is 14.9. The number of hydrogen-bond acceptors (Lipinski definition) is 6. The van der Waals surface area contributed by atoms with Gasteiger partial charge in [0.2, 0.25) is 0 Å². The lowest BCUT2D eigenvalue weighted by Gasteiger charge is -2.10. The van der Waals surface area contributed by atoms with Crippen LogP contribution in [0.5, 0.6) is 11.5 Å². The number of amides is 1. The number of non-ortho nitro benzene ring substituents is 1. The molecule has 0 saturated carbocycles. The minimum atomic E-state index is -1.12. The van der Waals surface area contributed by atoms with E-state index in [1.165, 1.54) is 42.7 Å². The highest BCUT2D eigenvalue weighted by atomic mass is 35.5. The first kappa shape index (κ1) is 21.1. The van der Waals surface area contributed by atoms with E-state index < -0.39 is 23.3 Å². The SMILES string of the molecule is O=C(O)Cn1cc(C(=O)Nc2cc(Oc3ccc(Cl)cc3Cl)cc([N+](=O)[O-])c2)cn1. The van der Waals surface area contributed by atoms with Gasteiger partial charge < -0.3 is 15.2 Å². The van der Waals surface area contributed by atoms with Crippen LogP contribution in [0.25, 0.3) is 0 Å². The van der Waals surface area contributed by atoms with Gasteiger partial charge >= 0.3 is 5.97 Å². The van der Waals surface area contributed by atoms with E-state index in [2.05, 4.69) is 10.4 Å². The zero-order chi connectivity index (χ0) is 21.8. The van der Waals surface area contributed by atoms with Gasteiger partial charge in [0.25, 0.3) is 11.6 Å². The van der Waals surface area contributed by atoms with Crippen LogP contribution in [-0.2, 0) is 11.3 Å². The van der Waals surface area contributed by atoms with Gasteiger partial charge in [0.15, 0.2) is 0 Å². The lowest BCUT2D eigenvalue weighted by Crippen LogP contribution is -2.12. The summed E-state index contributed by atoms with van der Waals surface area (Å²) in [5, 5.41) is 26.9. The molecule has 154 valence electrons. The number of benzene rings is 2. The maximum absolute atomic E-state index is 12.4. The van der Waals surface area contributed by atoms with Crippen LogP contribution >= 0.6 is 23.2 Å². The van der Waals surface area contributed by atoms with Crippen LogP contribution in [0.4, 0.5) is 11.4 Å². The highest BCUT2D eigenvalue weighted by molar-refractivity contribution is 6.35. The number of carboxylic acids is 1. The molecular weight excluding hydrogens is 439 g/mol. The van der Waals surface area contributed by atoms with Gasteiger partial charge in [-0.05, 0) is 18.2 Å². The Hall–Kier alpha value is -3.63. The average Bonchev–Trinajstić information content (AvgIpc) is 3.12. The van der Waals surface area contributed by atoms with Crippen molar-refractivity contribution in [1.29, 1.82) is 0 Å². The number of nitro benzene ring substituents is 1. The number of rotatable bonds is 7. The summed E-state index contributed by atoms with van der Waals surface area (Å²) in [7, 11) is 0. The second kappa shape index (κ2) is 8.80. The van der Waals surface area contributed by atoms with E-state index in [-0.39, 0.29) is 33.5 Å². The number of nitrogens with one attached hydrogen (secondary N) is 1. The summed E-state index contributed by atoms with van der Waals surface area (Å²) in [5.41, 5.74) is -0.166. The normalized spacial score (nSPS) is 10.5. The highest BCUT2D eigenvalue weighted by Gasteiger charge is 2.16. The van der Waals surface area contributed by atoms with Gasteiger partial charge in [0.05, 0.1) is 33.5 Å². The second-order valence-electron chi connectivity index (χ2n) is 5.92. The minimum Gasteiger partial charge on any atom is -0.480 e. The standard InChI is InChI=1S/C18H12Cl2N4O6/c19-11-1-2-16(15(20)3-11)30-14-5-12(4-13(6-14)24(28)29)22-18(27)10-7-21-23(8-10)9-17(25)26/h1-8H,9H2,(H,22,27)(H,25,26). The van der Waals surface area contributed by atoms with Crippen LogP contribution in [-0.4, -0.2) is 31.7 Å². The van der Waals surface area contributed by atoms with Crippen LogP contribution in [0.3, 0.4) is 0 Å². The molecule has 0 radical (unpaired) electrons. The van der Waals surface area contributed by atoms with Gasteiger partial charge in [-0.2, -0.15) is 5.10 Å². The molecule has 0 atom stereocenters. The molecule has 3 rings (SSSR count). The van der Waals surface area contributed by atoms with E-state index in [1.54, 1.807) is 0 Å². The molecule has 0 aliphatic rings. The molecular formula is C18H12Cl2N4O6. The topological polar surface area (TPSA) is 137 Å². The van der Waals surface area contributed by atoms with Crippen molar-refractivity contribution < 1.29 is 24.4 Å². The predicted octanol–water partition coefficient (Wildman–Crippen LogP) is 4.23. The number of aromatic nitrogens is 2. The molecule has 0 aliphatic heterocycles. The number of halogens is 2. The molecule has 2 N–H and O–H groups in total. The van der Waals surface area contributed by atoms with Crippen LogP contribution in [0.2, 0.25) is 10.0 Å². The fourth-order valence-electron chi connectivity index (χ4n) is 2.41. The van der Waals surface area contributed by atoms with Crippen LogP contribution in [0, 0.1) is 10.1 Å². The second-order valence-corrected chi connectivity index (χ2v) is 6.77. The Morgan fingerprint density at radius 1 is 1.23 bits per heavy atom. The minimum absolute atomic E-state index is 0.0605. The van der Waals surface area contributed by atoms with Gasteiger partial charge in [-0.25, -0.2) is 0 Å². The van der Waals surface area contributed by atoms with Crippen molar-refractivity contribution >= 4 is 46.5 Å². The van der Waals surface area contributed by atoms with Gasteiger partial charge in [-0.15, -0.1) is 0 Å². The number of anilines is 1. The van der Waals surface area contributed by atoms with Crippen molar-refractivity contribution in [3.8, 4) is 11.5 Å². The molecule has 1 heterocycles. The highest BCUT2D eigenvalue weighted by Crippen LogP contribution is 2.34. The first-order chi connectivity index (χ1) is 14.2. The quantitative estimate of drug-likeness (QED) is 0.405. The van der Waals surface area contributed by atoms with Crippen molar-refractivity contribution in [2.75, 3.05) is 5.32 Å². The van der Waals surface area contributed by atoms with E-state index in [4.69, 9.17) is 33.0 Å². The monoisotopic (exact) mass is 450 g/mol. The number of nitrogens with zero attached hydrogens (tertiary/aromatic N) is 3. The summed E-state index contributed by atoms with van der Waals surface area (Å²) in [4.78, 5) is 33.7. The van der Waals surface area contributed by atoms with E-state index in [9.17, 15) is 19.7 Å². The zero-order valence-corrected chi connectivity index (χ0v) is 16.4. The first-order valence-electron chi connectivity index (χ1n) is 8.19. The summed E-state index contributed by atoms with van der Waals surface area (Å²) >= 11 is 11.9. The van der Waals surface area contributed by atoms with E-state index >= 15 is 0 Å². The van der Waals surface area contributed by atoms with Crippen molar-refractivity contribution in [3.05, 3.63) is 74.5 Å². The molecule has 1 amide bonds. The Bertz CT molecular complexity index is 1150. The van der Waals surface area contributed by atoms with Crippen molar-refractivity contribution in [1.82, 2.24) is 9.78 Å². The summed E-state index contributed by atoms with van der Waals surface area (Å²) in [6.45, 7) is -0.413. The van der Waals surface area contributed by atoms with Crippen LogP contribution < -0.4 is 10.1 Å². The third-order valence-electron chi connectivity index (χ3n) is 3.67. The molecule has 10 nitrogen and oxygen atoms in total. The maximum Gasteiger partial charge on any atom is 0.325 e. The van der Waals surface area contributed by atoms with Gasteiger partial charge in [-0.1, -0.05) is 23.2 Å². The van der Waals surface area contributed by atoms with Crippen molar-refractivity contribution in [3.63, 3.8) is 0 Å². The van der Waals surface area contributed by atoms with Crippen LogP contribution in [0.15, 0.2) is 48.8 Å². The lowest BCUT2D eigenvalue weighted by atomic mass is 10.2. The number of aliphatic carboxylic acids is 1. The number of carbonyl (C=O) groups is 2. The molecule has 0 unspecified atom stereocenters. The Morgan fingerprint density at radius 3 is 2.67 bits per heavy atom. The number of hydrogen-bond donors (Lipinski definition) is 2. The Kier molecular flexibility index (Phi) is 6.19. The molecule has 0 fully saturated rings. The Balaban J connectivity index is 1.85. The van der Waals surface area contributed by atoms with Gasteiger partial charge in [0.1, 0.15) is 18.0 Å². The Labute approximate surface area is 178 Å². The summed E-state index contributed by atoms with van der Waals surface area (Å²) < 4.78 is 6.67. The number of ether oxygens (including phenoxy) is 1. The largest absolute Gasteiger partial charge is 0.480 e. The third kappa shape index (κ3) is 5.25. The fraction of sp³-hybridized carbons (Fsp3) is 0.0556. The molecule has 0 saturated heterocycles. The fourth-order valence-corrected chi connectivity index (χ4v) is 2.86. The number of carbonyl (C=O) groups excluding carboxylic acids is 1. The smallest absolute Gasteiger partial charge is 0.325 e. The summed E-state index contributed by atoms with van der Waals surface area (Å²) in [6.07, 6.45) is 2.42. The molecule has 3 aromatic rings. The lowest BCUT2D eigenvalue weighted by molar-refractivity contribution is -0.384. The Morgan fingerprint density at radius 2 is 2.00 bits per heavy atom. The molecule has 2 aromatic carbocycles. The van der Waals surface area contributed by atoms with E-state index in [0.717, 1.165) is 10.7 Å². The average molecular weight is 451 g/mol. The predicted molar refractivity (Wildman–Crippen MR) is 107 cm³/mol. The molecule has 30 heavy (non-hydrogen) atoms. The van der Waals surface area contributed by atoms with Gasteiger partial charge in [0, 0.05) is 23.4 Å². The molecule has 1 aromatic heterocycles. The molecule has 0 spiro atoms. The molecule has 0 aliphatic carbocycles. The summed E-state index contributed by atoms with van der Waals surface area (Å²) in [6, 6.07) is 8.18. The molecule has 0 bridgehead atoms. The number of nitro groups is 1. The van der Waals surface area contributed by atoms with Crippen LogP contribution in [0.1, 0.15) is 10.4 Å². The first-order valence-corrected chi connectivity index (χ1v) is 8.95. The maximum atomic E-state index is 12.4. The van der Waals surface area contributed by atoms with Crippen molar-refractivity contribution in [2.45, 2.75) is 6.54 Å².